The molecule has 0 atom stereocenters. The molecule has 6 nitrogen and oxygen atoms in total. The average molecular weight is 322 g/mol. The third-order valence-corrected chi connectivity index (χ3v) is 5.44. The number of anilines is 1. The lowest BCUT2D eigenvalue weighted by atomic mass is 10.3. The van der Waals surface area contributed by atoms with Crippen LogP contribution in [0.15, 0.2) is 47.8 Å². The highest BCUT2D eigenvalue weighted by molar-refractivity contribution is 7.89. The van der Waals surface area contributed by atoms with E-state index in [1.807, 2.05) is 4.90 Å². The van der Waals surface area contributed by atoms with Gasteiger partial charge in [-0.25, -0.2) is 17.8 Å². The molecule has 22 heavy (non-hydrogen) atoms. The highest BCUT2D eigenvalue weighted by atomic mass is 32.2. The van der Waals surface area contributed by atoms with Crippen molar-refractivity contribution in [2.24, 2.45) is 0 Å². The fourth-order valence-electron chi connectivity index (χ4n) is 2.39. The molecule has 1 aliphatic rings. The van der Waals surface area contributed by atoms with Gasteiger partial charge in [0.2, 0.25) is 10.0 Å². The Morgan fingerprint density at radius 2 is 1.86 bits per heavy atom. The van der Waals surface area contributed by atoms with Crippen molar-refractivity contribution >= 4 is 15.8 Å². The molecule has 2 aromatic rings. The van der Waals surface area contributed by atoms with Gasteiger partial charge >= 0.3 is 0 Å². The van der Waals surface area contributed by atoms with Crippen molar-refractivity contribution in [1.29, 1.82) is 0 Å². The van der Waals surface area contributed by atoms with Gasteiger partial charge in [0.25, 0.3) is 0 Å². The summed E-state index contributed by atoms with van der Waals surface area (Å²) in [5.74, 6) is 0.171. The van der Waals surface area contributed by atoms with Crippen LogP contribution in [0.2, 0.25) is 0 Å². The molecule has 2 heterocycles. The van der Waals surface area contributed by atoms with E-state index in [1.165, 1.54) is 22.5 Å². The van der Waals surface area contributed by atoms with E-state index in [9.17, 15) is 12.8 Å². The number of rotatable bonds is 3. The quantitative estimate of drug-likeness (QED) is 0.847. The van der Waals surface area contributed by atoms with Gasteiger partial charge in [-0.1, -0.05) is 6.07 Å². The van der Waals surface area contributed by atoms with Gasteiger partial charge in [-0.2, -0.15) is 4.31 Å². The second-order valence-electron chi connectivity index (χ2n) is 4.91. The minimum absolute atomic E-state index is 0.0135. The number of aromatic nitrogens is 2. The Morgan fingerprint density at radius 1 is 1.09 bits per heavy atom. The first kappa shape index (κ1) is 14.9. The topological polar surface area (TPSA) is 66.4 Å². The van der Waals surface area contributed by atoms with Crippen molar-refractivity contribution in [2.75, 3.05) is 31.1 Å². The number of hydrogen-bond acceptors (Lipinski definition) is 5. The molecule has 0 radical (unpaired) electrons. The molecule has 1 aromatic carbocycles. The molecule has 0 bridgehead atoms. The molecule has 0 unspecified atom stereocenters. The summed E-state index contributed by atoms with van der Waals surface area (Å²) in [5.41, 5.74) is 0. The first-order valence-corrected chi connectivity index (χ1v) is 8.28. The van der Waals surface area contributed by atoms with Gasteiger partial charge in [0, 0.05) is 38.6 Å². The first-order chi connectivity index (χ1) is 10.6. The van der Waals surface area contributed by atoms with Crippen LogP contribution in [0.1, 0.15) is 0 Å². The summed E-state index contributed by atoms with van der Waals surface area (Å²) >= 11 is 0. The van der Waals surface area contributed by atoms with Crippen LogP contribution in [0.3, 0.4) is 0 Å². The Morgan fingerprint density at radius 3 is 2.50 bits per heavy atom. The lowest BCUT2D eigenvalue weighted by molar-refractivity contribution is 0.383. The largest absolute Gasteiger partial charge is 0.353 e. The average Bonchev–Trinajstić information content (AvgIpc) is 2.56. The van der Waals surface area contributed by atoms with Crippen molar-refractivity contribution < 1.29 is 12.8 Å². The van der Waals surface area contributed by atoms with Gasteiger partial charge in [0.05, 0.1) is 11.1 Å². The van der Waals surface area contributed by atoms with Crippen molar-refractivity contribution in [2.45, 2.75) is 4.90 Å². The van der Waals surface area contributed by atoms with Crippen LogP contribution in [0.25, 0.3) is 0 Å². The van der Waals surface area contributed by atoms with Crippen LogP contribution in [0.4, 0.5) is 10.2 Å². The van der Waals surface area contributed by atoms with E-state index >= 15 is 0 Å². The summed E-state index contributed by atoms with van der Waals surface area (Å²) in [6.07, 6.45) is 4.84. The molecular formula is C14H15FN4O2S. The van der Waals surface area contributed by atoms with E-state index in [0.29, 0.717) is 26.2 Å². The fourth-order valence-corrected chi connectivity index (χ4v) is 3.84. The molecule has 0 saturated carbocycles. The molecule has 1 aliphatic heterocycles. The Bertz CT molecular complexity index is 746. The van der Waals surface area contributed by atoms with Crippen molar-refractivity contribution in [1.82, 2.24) is 14.3 Å². The molecule has 3 rings (SSSR count). The van der Waals surface area contributed by atoms with Crippen LogP contribution in [-0.2, 0) is 10.0 Å². The number of sulfonamides is 1. The minimum atomic E-state index is -3.66. The number of nitrogens with zero attached hydrogens (tertiary/aromatic N) is 4. The molecule has 8 heteroatoms. The van der Waals surface area contributed by atoms with E-state index in [1.54, 1.807) is 18.6 Å². The second kappa shape index (κ2) is 5.98. The Balaban J connectivity index is 1.73. The maximum Gasteiger partial charge on any atom is 0.243 e. The second-order valence-corrected chi connectivity index (χ2v) is 6.85. The molecule has 1 saturated heterocycles. The normalized spacial score (nSPS) is 16.7. The third-order valence-electron chi connectivity index (χ3n) is 3.55. The van der Waals surface area contributed by atoms with Crippen molar-refractivity contribution in [3.63, 3.8) is 0 Å². The Labute approximate surface area is 128 Å². The summed E-state index contributed by atoms with van der Waals surface area (Å²) in [5, 5.41) is 0. The summed E-state index contributed by atoms with van der Waals surface area (Å²) in [4.78, 5) is 10.2. The Kier molecular flexibility index (Phi) is 4.04. The molecule has 1 fully saturated rings. The zero-order valence-electron chi connectivity index (χ0n) is 11.8. The number of benzene rings is 1. The van der Waals surface area contributed by atoms with Gasteiger partial charge in [0.1, 0.15) is 11.6 Å². The van der Waals surface area contributed by atoms with Crippen LogP contribution in [0.5, 0.6) is 0 Å². The summed E-state index contributed by atoms with van der Waals surface area (Å²) in [6.45, 7) is 1.70. The summed E-state index contributed by atoms with van der Waals surface area (Å²) in [6, 6.07) is 5.08. The maximum absolute atomic E-state index is 13.2. The highest BCUT2D eigenvalue weighted by Crippen LogP contribution is 2.20. The van der Waals surface area contributed by atoms with Crippen LogP contribution in [-0.4, -0.2) is 48.9 Å². The maximum atomic E-state index is 13.2. The number of halogens is 1. The summed E-state index contributed by atoms with van der Waals surface area (Å²) in [7, 11) is -3.66. The molecule has 0 spiro atoms. The van der Waals surface area contributed by atoms with Gasteiger partial charge in [-0.15, -0.1) is 0 Å². The molecular weight excluding hydrogens is 307 g/mol. The molecule has 0 N–H and O–H groups in total. The monoisotopic (exact) mass is 322 g/mol. The fraction of sp³-hybridized carbons (Fsp3) is 0.286. The van der Waals surface area contributed by atoms with E-state index in [-0.39, 0.29) is 4.90 Å². The molecule has 0 aliphatic carbocycles. The van der Waals surface area contributed by atoms with Crippen LogP contribution < -0.4 is 4.90 Å². The lowest BCUT2D eigenvalue weighted by Gasteiger charge is -2.34. The van der Waals surface area contributed by atoms with Gasteiger partial charge in [-0.3, -0.25) is 4.98 Å². The van der Waals surface area contributed by atoms with Crippen molar-refractivity contribution in [3.8, 4) is 0 Å². The van der Waals surface area contributed by atoms with Crippen molar-refractivity contribution in [3.05, 3.63) is 48.7 Å². The van der Waals surface area contributed by atoms with E-state index in [0.717, 1.165) is 11.9 Å². The predicted octanol–water partition coefficient (Wildman–Crippen LogP) is 1.13. The molecule has 1 aromatic heterocycles. The Hall–Kier alpha value is -2.06. The summed E-state index contributed by atoms with van der Waals surface area (Å²) < 4.78 is 39.6. The molecule has 0 amide bonds. The van der Waals surface area contributed by atoms with Crippen LogP contribution in [0, 0.1) is 5.82 Å². The van der Waals surface area contributed by atoms with Gasteiger partial charge in [-0.05, 0) is 18.2 Å². The van der Waals surface area contributed by atoms with E-state index in [2.05, 4.69) is 9.97 Å². The SMILES string of the molecule is O=S(=O)(c1cccc(F)c1)N1CCN(c2cnccn2)CC1. The smallest absolute Gasteiger partial charge is 0.243 e. The zero-order valence-corrected chi connectivity index (χ0v) is 12.6. The first-order valence-electron chi connectivity index (χ1n) is 6.84. The zero-order chi connectivity index (χ0) is 15.6. The molecule has 116 valence electrons. The predicted molar refractivity (Wildman–Crippen MR) is 79.4 cm³/mol. The third kappa shape index (κ3) is 2.93. The van der Waals surface area contributed by atoms with Gasteiger partial charge < -0.3 is 4.90 Å². The minimum Gasteiger partial charge on any atom is -0.353 e. The number of piperazine rings is 1. The standard InChI is InChI=1S/C14H15FN4O2S/c15-12-2-1-3-13(10-12)22(20,21)19-8-6-18(7-9-19)14-11-16-4-5-17-14/h1-5,10-11H,6-9H2. The number of hydrogen-bond donors (Lipinski definition) is 0. The van der Waals surface area contributed by atoms with E-state index in [4.69, 9.17) is 0 Å². The highest BCUT2D eigenvalue weighted by Gasteiger charge is 2.29. The van der Waals surface area contributed by atoms with Crippen LogP contribution >= 0.6 is 0 Å². The van der Waals surface area contributed by atoms with E-state index < -0.39 is 15.8 Å². The van der Waals surface area contributed by atoms with Gasteiger partial charge in [0.15, 0.2) is 0 Å². The lowest BCUT2D eigenvalue weighted by Crippen LogP contribution is -2.48.